The van der Waals surface area contributed by atoms with Crippen molar-refractivity contribution in [3.8, 4) is 23.0 Å². The Morgan fingerprint density at radius 2 is 1.70 bits per heavy atom. The number of amides is 1. The average molecular weight is 570 g/mol. The second-order valence-electron chi connectivity index (χ2n) is 9.54. The minimum Gasteiger partial charge on any atom is -0.502 e. The van der Waals surface area contributed by atoms with Gasteiger partial charge in [0.1, 0.15) is 11.9 Å². The van der Waals surface area contributed by atoms with E-state index >= 15 is 0 Å². The maximum Gasteiger partial charge on any atom is 0.228 e. The molecule has 37 heavy (non-hydrogen) atoms. The monoisotopic (exact) mass is 569 g/mol. The second-order valence-corrected chi connectivity index (χ2v) is 10.5. The molecule has 0 radical (unpaired) electrons. The minimum atomic E-state index is -2.19. The molecule has 0 aromatic heterocycles. The van der Waals surface area contributed by atoms with Crippen LogP contribution in [0.1, 0.15) is 22.6 Å². The van der Waals surface area contributed by atoms with Crippen LogP contribution < -0.4 is 14.2 Å². The molecule has 1 heterocycles. The lowest BCUT2D eigenvalue weighted by Crippen LogP contribution is -2.52. The first-order chi connectivity index (χ1) is 17.6. The number of phenolic OH excluding ortho intramolecular Hbond substituents is 1. The number of hydrogen-bond acceptors (Lipinski definition) is 7. The molecule has 1 fully saturated rings. The van der Waals surface area contributed by atoms with Crippen LogP contribution in [-0.2, 0) is 16.0 Å². The predicted molar refractivity (Wildman–Crippen MR) is 139 cm³/mol. The fourth-order valence-corrected chi connectivity index (χ4v) is 6.30. The van der Waals surface area contributed by atoms with Crippen LogP contribution in [0.5, 0.6) is 23.0 Å². The van der Waals surface area contributed by atoms with Gasteiger partial charge in [-0.25, -0.2) is 0 Å². The molecule has 1 aliphatic heterocycles. The summed E-state index contributed by atoms with van der Waals surface area (Å²) in [6, 6.07) is 17.9. The molecule has 0 saturated heterocycles. The molecular weight excluding hydrogens is 542 g/mol. The van der Waals surface area contributed by atoms with Crippen LogP contribution in [0.15, 0.2) is 65.1 Å². The first kappa shape index (κ1) is 25.4. The van der Waals surface area contributed by atoms with Crippen molar-refractivity contribution < 1.29 is 34.3 Å². The van der Waals surface area contributed by atoms with Crippen LogP contribution in [0.2, 0.25) is 0 Å². The molecule has 9 heteroatoms. The molecule has 3 aromatic carbocycles. The first-order valence-electron chi connectivity index (χ1n) is 11.7. The summed E-state index contributed by atoms with van der Waals surface area (Å²) in [5, 5.41) is 35.7. The summed E-state index contributed by atoms with van der Waals surface area (Å²) in [5.74, 6) is -2.48. The quantitative estimate of drug-likeness (QED) is 0.431. The number of hydrogen-bond donors (Lipinski definition) is 3. The topological polar surface area (TPSA) is 109 Å². The molecular formula is C28H28BrNO7. The Hall–Kier alpha value is -3.27. The molecule has 1 aliphatic carbocycles. The molecule has 0 bridgehead atoms. The fraction of sp³-hybridized carbons (Fsp3) is 0.321. The number of methoxy groups -OCH3 is 2. The predicted octanol–water partition coefficient (Wildman–Crippen LogP) is 3.51. The number of nitrogens with zero attached hydrogens (tertiary/aromatic N) is 1. The molecule has 5 atom stereocenters. The highest BCUT2D eigenvalue weighted by atomic mass is 79.9. The highest BCUT2D eigenvalue weighted by molar-refractivity contribution is 9.10. The zero-order valence-electron chi connectivity index (χ0n) is 20.8. The van der Waals surface area contributed by atoms with Crippen molar-refractivity contribution in [1.82, 2.24) is 4.90 Å². The van der Waals surface area contributed by atoms with Crippen LogP contribution in [0, 0.1) is 5.92 Å². The van der Waals surface area contributed by atoms with Gasteiger partial charge in [-0.2, -0.15) is 0 Å². The van der Waals surface area contributed by atoms with Crippen LogP contribution in [-0.4, -0.2) is 60.5 Å². The fourth-order valence-electron chi connectivity index (χ4n) is 6.03. The van der Waals surface area contributed by atoms with E-state index in [0.717, 1.165) is 4.47 Å². The maximum atomic E-state index is 13.7. The molecule has 5 unspecified atom stereocenters. The maximum absolute atomic E-state index is 13.7. The smallest absolute Gasteiger partial charge is 0.228 e. The number of aliphatic hydroxyl groups is 2. The van der Waals surface area contributed by atoms with Gasteiger partial charge in [0, 0.05) is 30.6 Å². The van der Waals surface area contributed by atoms with E-state index < -0.39 is 29.1 Å². The van der Waals surface area contributed by atoms with Gasteiger partial charge in [-0.15, -0.1) is 0 Å². The standard InChI is InChI=1S/C28H28BrNO7/c1-30(2)26(33)20-21(15-8-6-5-7-9-15)28(16-10-12-17(29)13-11-16)27(34,25(20)32)22-18(37-28)14-19(35-3)23(31)24(22)36-4/h5-14,20-21,25,31-32,34H,1-4H3. The van der Waals surface area contributed by atoms with E-state index in [2.05, 4.69) is 15.9 Å². The van der Waals surface area contributed by atoms with Crippen molar-refractivity contribution in [1.29, 1.82) is 0 Å². The third-order valence-electron chi connectivity index (χ3n) is 7.55. The number of ether oxygens (including phenoxy) is 3. The van der Waals surface area contributed by atoms with Crippen molar-refractivity contribution in [2.45, 2.75) is 23.2 Å². The first-order valence-corrected chi connectivity index (χ1v) is 12.5. The van der Waals surface area contributed by atoms with Gasteiger partial charge >= 0.3 is 0 Å². The number of phenols is 1. The lowest BCUT2D eigenvalue weighted by molar-refractivity contribution is -0.156. The summed E-state index contributed by atoms with van der Waals surface area (Å²) in [7, 11) is 5.95. The molecule has 1 saturated carbocycles. The highest BCUT2D eigenvalue weighted by Gasteiger charge is 2.78. The number of rotatable bonds is 5. The number of benzene rings is 3. The molecule has 2 aliphatic rings. The Morgan fingerprint density at radius 3 is 2.27 bits per heavy atom. The second kappa shape index (κ2) is 8.93. The Kier molecular flexibility index (Phi) is 6.13. The van der Waals surface area contributed by atoms with Crippen molar-refractivity contribution >= 4 is 21.8 Å². The van der Waals surface area contributed by atoms with E-state index in [-0.39, 0.29) is 34.5 Å². The molecule has 1 amide bonds. The number of carbonyl (C=O) groups excluding carboxylic acids is 1. The highest BCUT2D eigenvalue weighted by Crippen LogP contribution is 2.71. The van der Waals surface area contributed by atoms with Crippen molar-refractivity contribution in [2.24, 2.45) is 5.92 Å². The normalized spacial score (nSPS) is 27.7. The van der Waals surface area contributed by atoms with Crippen LogP contribution in [0.3, 0.4) is 0 Å². The largest absolute Gasteiger partial charge is 0.502 e. The van der Waals surface area contributed by atoms with Gasteiger partial charge in [0.25, 0.3) is 0 Å². The van der Waals surface area contributed by atoms with Gasteiger partial charge in [-0.3, -0.25) is 4.79 Å². The van der Waals surface area contributed by atoms with Gasteiger partial charge in [-0.05, 0) is 23.3 Å². The molecule has 5 rings (SSSR count). The van der Waals surface area contributed by atoms with Crippen molar-refractivity contribution in [3.05, 3.63) is 81.8 Å². The van der Waals surface area contributed by atoms with Gasteiger partial charge in [0.05, 0.1) is 25.7 Å². The summed E-state index contributed by atoms with van der Waals surface area (Å²) in [6.07, 6.45) is -1.63. The molecule has 3 aromatic rings. The van der Waals surface area contributed by atoms with E-state index in [1.54, 1.807) is 26.2 Å². The van der Waals surface area contributed by atoms with Crippen LogP contribution in [0.4, 0.5) is 0 Å². The van der Waals surface area contributed by atoms with Gasteiger partial charge in [0.15, 0.2) is 22.7 Å². The number of halogens is 1. The summed E-state index contributed by atoms with van der Waals surface area (Å²) < 4.78 is 18.4. The zero-order valence-corrected chi connectivity index (χ0v) is 22.4. The Morgan fingerprint density at radius 1 is 1.05 bits per heavy atom. The number of aromatic hydroxyl groups is 1. The molecule has 8 nitrogen and oxygen atoms in total. The third kappa shape index (κ3) is 3.30. The lowest BCUT2D eigenvalue weighted by atomic mass is 9.70. The summed E-state index contributed by atoms with van der Waals surface area (Å²) >= 11 is 3.46. The SMILES string of the molecule is COc1cc2c(c(OC)c1O)C1(O)C(O)C(C(=O)N(C)C)C(c3ccccc3)C1(c1ccc(Br)cc1)O2. The molecule has 194 valence electrons. The van der Waals surface area contributed by atoms with E-state index in [9.17, 15) is 20.1 Å². The van der Waals surface area contributed by atoms with E-state index in [1.807, 2.05) is 42.5 Å². The Labute approximate surface area is 223 Å². The van der Waals surface area contributed by atoms with Gasteiger partial charge in [-0.1, -0.05) is 58.4 Å². The van der Waals surface area contributed by atoms with Gasteiger partial charge in [0.2, 0.25) is 11.7 Å². The van der Waals surface area contributed by atoms with Crippen molar-refractivity contribution in [2.75, 3.05) is 28.3 Å². The van der Waals surface area contributed by atoms with Gasteiger partial charge < -0.3 is 34.4 Å². The van der Waals surface area contributed by atoms with Crippen LogP contribution >= 0.6 is 15.9 Å². The van der Waals surface area contributed by atoms with Crippen LogP contribution in [0.25, 0.3) is 0 Å². The average Bonchev–Trinajstić information content (AvgIpc) is 3.26. The Balaban J connectivity index is 1.92. The zero-order chi connectivity index (χ0) is 26.7. The van der Waals surface area contributed by atoms with E-state index in [0.29, 0.717) is 11.1 Å². The summed E-state index contributed by atoms with van der Waals surface area (Å²) in [6.45, 7) is 0. The third-order valence-corrected chi connectivity index (χ3v) is 8.08. The molecule has 3 N–H and O–H groups in total. The van der Waals surface area contributed by atoms with Crippen molar-refractivity contribution in [3.63, 3.8) is 0 Å². The number of carbonyl (C=O) groups is 1. The van der Waals surface area contributed by atoms with E-state index in [4.69, 9.17) is 14.2 Å². The summed E-state index contributed by atoms with van der Waals surface area (Å²) in [4.78, 5) is 15.1. The number of fused-ring (bicyclic) bond motifs is 3. The lowest BCUT2D eigenvalue weighted by Gasteiger charge is -2.41. The Bertz CT molecular complexity index is 1350. The summed E-state index contributed by atoms with van der Waals surface area (Å²) in [5.41, 5.74) is -2.57. The van der Waals surface area contributed by atoms with E-state index in [1.165, 1.54) is 25.2 Å². The minimum absolute atomic E-state index is 0.0544. The molecule has 0 spiro atoms. The number of aliphatic hydroxyl groups excluding tert-OH is 1.